The second-order valence-electron chi connectivity index (χ2n) is 7.76. The maximum Gasteiger partial charge on any atom is 0.419 e. The molecule has 0 bridgehead atoms. The first-order valence-corrected chi connectivity index (χ1v) is 9.32. The topological polar surface area (TPSA) is 35.5 Å². The zero-order chi connectivity index (χ0) is 19.8. The number of hydrogen-bond acceptors (Lipinski definition) is 3. The highest BCUT2D eigenvalue weighted by molar-refractivity contribution is 5.99. The van der Waals surface area contributed by atoms with Gasteiger partial charge in [-0.15, -0.1) is 0 Å². The Morgan fingerprint density at radius 2 is 1.63 bits per heavy atom. The molecule has 1 aliphatic carbocycles. The number of rotatable bonds is 3. The molecule has 0 aromatic heterocycles. The van der Waals surface area contributed by atoms with Crippen molar-refractivity contribution in [2.45, 2.75) is 52.0 Å². The van der Waals surface area contributed by atoms with Crippen LogP contribution in [-0.4, -0.2) is 25.3 Å². The Hall–Kier alpha value is -1.47. The van der Waals surface area contributed by atoms with Crippen LogP contribution in [0.3, 0.4) is 0 Å². The molecular formula is C20H24F4O3. The van der Waals surface area contributed by atoms with Gasteiger partial charge in [-0.25, -0.2) is 4.39 Å². The SMILES string of the molecule is Cc1ccc(C(=O)C2OCC(C3CCC(C)CC3)CO2)c(F)c1C(F)(F)F. The van der Waals surface area contributed by atoms with Crippen molar-refractivity contribution in [2.24, 2.45) is 17.8 Å². The predicted molar refractivity (Wildman–Crippen MR) is 90.8 cm³/mol. The summed E-state index contributed by atoms with van der Waals surface area (Å²) in [4.78, 5) is 12.5. The number of hydrogen-bond donors (Lipinski definition) is 0. The number of halogens is 4. The fourth-order valence-electron chi connectivity index (χ4n) is 4.04. The maximum atomic E-state index is 14.4. The first-order valence-electron chi connectivity index (χ1n) is 9.32. The molecule has 0 atom stereocenters. The zero-order valence-corrected chi connectivity index (χ0v) is 15.4. The van der Waals surface area contributed by atoms with Gasteiger partial charge in [-0.3, -0.25) is 4.79 Å². The Balaban J connectivity index is 1.68. The molecular weight excluding hydrogens is 364 g/mol. The molecule has 1 saturated heterocycles. The molecule has 1 aromatic rings. The fourth-order valence-corrected chi connectivity index (χ4v) is 4.04. The van der Waals surface area contributed by atoms with E-state index >= 15 is 0 Å². The minimum atomic E-state index is -4.87. The van der Waals surface area contributed by atoms with Crippen LogP contribution in [-0.2, 0) is 15.7 Å². The van der Waals surface area contributed by atoms with Crippen molar-refractivity contribution in [1.82, 2.24) is 0 Å². The molecule has 150 valence electrons. The Kier molecular flexibility index (Phi) is 5.91. The van der Waals surface area contributed by atoms with Crippen molar-refractivity contribution < 1.29 is 31.8 Å². The molecule has 0 N–H and O–H groups in total. The molecule has 27 heavy (non-hydrogen) atoms. The Morgan fingerprint density at radius 1 is 1.04 bits per heavy atom. The molecule has 0 spiro atoms. The van der Waals surface area contributed by atoms with Crippen LogP contribution in [0.15, 0.2) is 12.1 Å². The van der Waals surface area contributed by atoms with Gasteiger partial charge >= 0.3 is 6.18 Å². The summed E-state index contributed by atoms with van der Waals surface area (Å²) < 4.78 is 64.5. The van der Waals surface area contributed by atoms with Gasteiger partial charge in [0.25, 0.3) is 0 Å². The third kappa shape index (κ3) is 4.35. The van der Waals surface area contributed by atoms with Crippen LogP contribution >= 0.6 is 0 Å². The van der Waals surface area contributed by atoms with E-state index in [9.17, 15) is 22.4 Å². The van der Waals surface area contributed by atoms with E-state index in [4.69, 9.17) is 9.47 Å². The van der Waals surface area contributed by atoms with Crippen molar-refractivity contribution in [3.63, 3.8) is 0 Å². The van der Waals surface area contributed by atoms with Crippen molar-refractivity contribution in [1.29, 1.82) is 0 Å². The summed E-state index contributed by atoms with van der Waals surface area (Å²) in [6.45, 7) is 3.98. The molecule has 2 aliphatic rings. The summed E-state index contributed by atoms with van der Waals surface area (Å²) in [6.07, 6.45) is -1.77. The lowest BCUT2D eigenvalue weighted by Gasteiger charge is -2.36. The zero-order valence-electron chi connectivity index (χ0n) is 15.4. The monoisotopic (exact) mass is 388 g/mol. The smallest absolute Gasteiger partial charge is 0.345 e. The average molecular weight is 388 g/mol. The Labute approximate surface area is 156 Å². The van der Waals surface area contributed by atoms with Gasteiger partial charge in [0, 0.05) is 5.92 Å². The maximum absolute atomic E-state index is 14.4. The van der Waals surface area contributed by atoms with Crippen LogP contribution in [0.25, 0.3) is 0 Å². The standard InChI is InChI=1S/C20H24F4O3/c1-11-3-6-13(7-4-11)14-9-26-19(27-10-14)18(25)15-8-5-12(2)16(17(15)21)20(22,23)24/h5,8,11,13-14,19H,3-4,6-7,9-10H2,1-2H3. The number of carbonyl (C=O) groups excluding carboxylic acids is 1. The van der Waals surface area contributed by atoms with Crippen LogP contribution in [0.4, 0.5) is 17.6 Å². The highest BCUT2D eigenvalue weighted by Gasteiger charge is 2.40. The third-order valence-electron chi connectivity index (χ3n) is 5.76. The minimum absolute atomic E-state index is 0.162. The first-order chi connectivity index (χ1) is 12.7. The average Bonchev–Trinajstić information content (AvgIpc) is 2.61. The van der Waals surface area contributed by atoms with Crippen molar-refractivity contribution in [3.05, 3.63) is 34.6 Å². The number of aryl methyl sites for hydroxylation is 1. The number of benzene rings is 1. The second-order valence-corrected chi connectivity index (χ2v) is 7.76. The first kappa shape index (κ1) is 20.3. The molecule has 3 rings (SSSR count). The van der Waals surface area contributed by atoms with Gasteiger partial charge in [0.1, 0.15) is 5.82 Å². The Bertz CT molecular complexity index is 685. The molecule has 0 amide bonds. The fraction of sp³-hybridized carbons (Fsp3) is 0.650. The van der Waals surface area contributed by atoms with Crippen LogP contribution in [0, 0.1) is 30.5 Å². The van der Waals surface area contributed by atoms with Gasteiger partial charge in [0.05, 0.1) is 24.3 Å². The minimum Gasteiger partial charge on any atom is -0.345 e. The molecule has 1 saturated carbocycles. The number of Topliss-reactive ketones (excluding diaryl/α,β-unsaturated/α-hetero) is 1. The molecule has 1 heterocycles. The highest BCUT2D eigenvalue weighted by Crippen LogP contribution is 2.37. The van der Waals surface area contributed by atoms with Gasteiger partial charge < -0.3 is 9.47 Å². The van der Waals surface area contributed by atoms with Gasteiger partial charge in [0.2, 0.25) is 12.1 Å². The predicted octanol–water partition coefficient (Wildman–Crippen LogP) is 5.15. The van der Waals surface area contributed by atoms with Crippen molar-refractivity contribution >= 4 is 5.78 Å². The Morgan fingerprint density at radius 3 is 2.19 bits per heavy atom. The summed E-state index contributed by atoms with van der Waals surface area (Å²) in [5, 5.41) is 0. The van der Waals surface area contributed by atoms with Crippen LogP contribution in [0.2, 0.25) is 0 Å². The lowest BCUT2D eigenvalue weighted by molar-refractivity contribution is -0.184. The van der Waals surface area contributed by atoms with E-state index in [0.717, 1.165) is 44.7 Å². The molecule has 0 unspecified atom stereocenters. The largest absolute Gasteiger partial charge is 0.419 e. The number of alkyl halides is 3. The molecule has 3 nitrogen and oxygen atoms in total. The van der Waals surface area contributed by atoms with Crippen molar-refractivity contribution in [2.75, 3.05) is 13.2 Å². The van der Waals surface area contributed by atoms with Gasteiger partial charge in [-0.1, -0.05) is 25.8 Å². The van der Waals surface area contributed by atoms with Gasteiger partial charge in [-0.05, 0) is 43.2 Å². The van der Waals surface area contributed by atoms with Gasteiger partial charge in [-0.2, -0.15) is 13.2 Å². The van der Waals surface area contributed by atoms with Crippen LogP contribution in [0.1, 0.15) is 54.1 Å². The van der Waals surface area contributed by atoms with E-state index in [1.165, 1.54) is 0 Å². The summed E-state index contributed by atoms with van der Waals surface area (Å²) >= 11 is 0. The number of carbonyl (C=O) groups is 1. The van der Waals surface area contributed by atoms with E-state index in [0.29, 0.717) is 25.0 Å². The molecule has 7 heteroatoms. The van der Waals surface area contributed by atoms with E-state index < -0.39 is 35.2 Å². The molecule has 0 radical (unpaired) electrons. The van der Waals surface area contributed by atoms with E-state index in [1.807, 2.05) is 0 Å². The van der Waals surface area contributed by atoms with E-state index in [-0.39, 0.29) is 11.5 Å². The molecule has 1 aliphatic heterocycles. The second kappa shape index (κ2) is 7.87. The van der Waals surface area contributed by atoms with E-state index in [1.54, 1.807) is 0 Å². The summed E-state index contributed by atoms with van der Waals surface area (Å²) in [5.74, 6) is -1.13. The normalized spacial score (nSPS) is 29.6. The molecule has 2 fully saturated rings. The summed E-state index contributed by atoms with van der Waals surface area (Å²) in [5.41, 5.74) is -2.34. The van der Waals surface area contributed by atoms with Gasteiger partial charge in [0.15, 0.2) is 0 Å². The van der Waals surface area contributed by atoms with Crippen molar-refractivity contribution in [3.8, 4) is 0 Å². The highest BCUT2D eigenvalue weighted by atomic mass is 19.4. The summed E-state index contributed by atoms with van der Waals surface area (Å²) in [7, 11) is 0. The van der Waals surface area contributed by atoms with Crippen LogP contribution in [0.5, 0.6) is 0 Å². The number of ketones is 1. The molecule has 1 aromatic carbocycles. The lowest BCUT2D eigenvalue weighted by atomic mass is 9.76. The third-order valence-corrected chi connectivity index (χ3v) is 5.76. The quantitative estimate of drug-likeness (QED) is 0.531. The van der Waals surface area contributed by atoms with Crippen LogP contribution < -0.4 is 0 Å². The summed E-state index contributed by atoms with van der Waals surface area (Å²) in [6, 6.07) is 2.15. The number of ether oxygens (including phenoxy) is 2. The van der Waals surface area contributed by atoms with E-state index in [2.05, 4.69) is 6.92 Å². The lowest BCUT2D eigenvalue weighted by Crippen LogP contribution is -2.41.